The summed E-state index contributed by atoms with van der Waals surface area (Å²) in [6.45, 7) is -0.876. The average molecular weight is 216 g/mol. The molecule has 0 heterocycles. The van der Waals surface area contributed by atoms with Crippen LogP contribution in [0.4, 0.5) is 0 Å². The van der Waals surface area contributed by atoms with Crippen molar-refractivity contribution in [1.29, 1.82) is 0 Å². The summed E-state index contributed by atoms with van der Waals surface area (Å²) in [5.41, 5.74) is 0. The molecule has 0 fully saturated rings. The molecule has 0 spiro atoms. The zero-order chi connectivity index (χ0) is 11.8. The van der Waals surface area contributed by atoms with E-state index in [1.54, 1.807) is 0 Å². The van der Waals surface area contributed by atoms with E-state index in [1.807, 2.05) is 0 Å². The quantitative estimate of drug-likeness (QED) is 0.249. The van der Waals surface area contributed by atoms with Gasteiger partial charge in [-0.15, -0.1) is 0 Å². The number of rotatable bonds is 5. The Morgan fingerprint density at radius 1 is 1.13 bits per heavy atom. The first-order valence-corrected chi connectivity index (χ1v) is 3.62. The topological polar surface area (TPSA) is 121 Å². The highest BCUT2D eigenvalue weighted by Crippen LogP contribution is 1.93. The minimum absolute atomic E-state index is 0.681. The number of carboxylic acids is 2. The van der Waals surface area contributed by atoms with E-state index in [0.717, 1.165) is 12.2 Å². The van der Waals surface area contributed by atoms with Crippen LogP contribution in [0.3, 0.4) is 0 Å². The highest BCUT2D eigenvalue weighted by molar-refractivity contribution is 5.88. The summed E-state index contributed by atoms with van der Waals surface area (Å²) in [6, 6.07) is 0. The van der Waals surface area contributed by atoms with E-state index in [9.17, 15) is 14.4 Å². The lowest BCUT2D eigenvalue weighted by Gasteiger charge is -1.98. The first kappa shape index (κ1) is 12.7. The lowest BCUT2D eigenvalue weighted by Crippen LogP contribution is -2.14. The number of hydrogen-bond donors (Lipinski definition) is 3. The third-order valence-electron chi connectivity index (χ3n) is 1.03. The number of carbonyl (C=O) groups excluding carboxylic acids is 1. The Labute approximate surface area is 83.9 Å². The van der Waals surface area contributed by atoms with Crippen LogP contribution >= 0.6 is 0 Å². The number of aliphatic carboxylic acids is 2. The Bertz CT molecular complexity index is 326. The van der Waals surface area contributed by atoms with Crippen LogP contribution in [0.2, 0.25) is 0 Å². The molecule has 0 aromatic carbocycles. The van der Waals surface area contributed by atoms with Crippen LogP contribution in [0.25, 0.3) is 0 Å². The van der Waals surface area contributed by atoms with E-state index < -0.39 is 30.3 Å². The zero-order valence-corrected chi connectivity index (χ0v) is 7.41. The molecule has 0 bridgehead atoms. The zero-order valence-electron chi connectivity index (χ0n) is 7.41. The molecule has 0 radical (unpaired) electrons. The predicted molar refractivity (Wildman–Crippen MR) is 46.1 cm³/mol. The number of aliphatic hydroxyl groups is 1. The van der Waals surface area contributed by atoms with Crippen molar-refractivity contribution in [2.24, 2.45) is 0 Å². The van der Waals surface area contributed by atoms with E-state index in [0.29, 0.717) is 6.08 Å². The van der Waals surface area contributed by atoms with Gasteiger partial charge in [0.05, 0.1) is 0 Å². The molecule has 0 aliphatic rings. The number of esters is 1. The maximum absolute atomic E-state index is 10.7. The summed E-state index contributed by atoms with van der Waals surface area (Å²) >= 11 is 0. The molecule has 0 aliphatic carbocycles. The van der Waals surface area contributed by atoms with Crippen molar-refractivity contribution in [3.8, 4) is 0 Å². The molecule has 0 unspecified atom stereocenters. The number of ether oxygens (including phenoxy) is 1. The molecule has 0 saturated heterocycles. The van der Waals surface area contributed by atoms with Gasteiger partial charge >= 0.3 is 17.9 Å². The Morgan fingerprint density at radius 3 is 2.20 bits per heavy atom. The van der Waals surface area contributed by atoms with Crippen LogP contribution in [-0.2, 0) is 19.1 Å². The number of hydrogen-bond acceptors (Lipinski definition) is 5. The number of aliphatic hydroxyl groups excluding tert-OH is 1. The van der Waals surface area contributed by atoms with E-state index in [-0.39, 0.29) is 0 Å². The summed E-state index contributed by atoms with van der Waals surface area (Å²) < 4.78 is 4.08. The summed E-state index contributed by atoms with van der Waals surface area (Å²) in [5, 5.41) is 25.2. The van der Waals surface area contributed by atoms with Crippen molar-refractivity contribution in [1.82, 2.24) is 0 Å². The molecule has 15 heavy (non-hydrogen) atoms. The van der Waals surface area contributed by atoms with Crippen LogP contribution in [0.15, 0.2) is 24.0 Å². The largest absolute Gasteiger partial charge is 0.502 e. The minimum atomic E-state index is -1.36. The first-order chi connectivity index (χ1) is 6.93. The fourth-order valence-corrected chi connectivity index (χ4v) is 0.491. The number of allylic oxidation sites excluding steroid dienone is 2. The Kier molecular flexibility index (Phi) is 5.24. The number of carbonyl (C=O) groups is 3. The van der Waals surface area contributed by atoms with Gasteiger partial charge in [-0.3, -0.25) is 0 Å². The highest BCUT2D eigenvalue weighted by atomic mass is 16.6. The van der Waals surface area contributed by atoms with Gasteiger partial charge in [-0.1, -0.05) is 6.08 Å². The average Bonchev–Trinajstić information content (AvgIpc) is 2.13. The van der Waals surface area contributed by atoms with Crippen molar-refractivity contribution in [3.05, 3.63) is 24.0 Å². The molecule has 0 aromatic rings. The van der Waals surface area contributed by atoms with E-state index in [4.69, 9.17) is 15.3 Å². The monoisotopic (exact) mass is 216 g/mol. The third-order valence-corrected chi connectivity index (χ3v) is 1.03. The van der Waals surface area contributed by atoms with E-state index in [1.165, 1.54) is 0 Å². The second-order valence-electron chi connectivity index (χ2n) is 2.22. The van der Waals surface area contributed by atoms with Gasteiger partial charge in [0, 0.05) is 6.08 Å². The van der Waals surface area contributed by atoms with Gasteiger partial charge in [-0.05, 0) is 6.08 Å². The summed E-state index contributed by atoms with van der Waals surface area (Å²) in [6.07, 6.45) is 2.36. The number of carboxylic acid groups (broad SMARTS) is 2. The van der Waals surface area contributed by atoms with Crippen molar-refractivity contribution in [3.63, 3.8) is 0 Å². The molecule has 0 amide bonds. The normalized spacial score (nSPS) is 11.3. The maximum Gasteiger partial charge on any atom is 0.373 e. The molecule has 7 heteroatoms. The lowest BCUT2D eigenvalue weighted by atomic mass is 10.4. The molecule has 0 aromatic heterocycles. The fraction of sp³-hybridized carbons (Fsp3) is 0.125. The Morgan fingerprint density at radius 2 is 1.73 bits per heavy atom. The highest BCUT2D eigenvalue weighted by Gasteiger charge is 2.09. The molecule has 0 saturated carbocycles. The summed E-state index contributed by atoms with van der Waals surface area (Å²) in [5.74, 6) is -4.74. The first-order valence-electron chi connectivity index (χ1n) is 3.62. The third kappa shape index (κ3) is 6.82. The van der Waals surface area contributed by atoms with Gasteiger partial charge in [0.1, 0.15) is 0 Å². The molecule has 7 nitrogen and oxygen atoms in total. The Hall–Kier alpha value is -2.31. The SMILES string of the molecule is O=C(O)/C=C/C=C(\O)C(=O)OCC(=O)O. The summed E-state index contributed by atoms with van der Waals surface area (Å²) in [4.78, 5) is 30.7. The van der Waals surface area contributed by atoms with Gasteiger partial charge in [0.2, 0.25) is 5.76 Å². The maximum atomic E-state index is 10.7. The fourth-order valence-electron chi connectivity index (χ4n) is 0.491. The molecular formula is C8H8O7. The van der Waals surface area contributed by atoms with Gasteiger partial charge in [-0.2, -0.15) is 0 Å². The molecular weight excluding hydrogens is 208 g/mol. The molecule has 0 rings (SSSR count). The molecule has 82 valence electrons. The minimum Gasteiger partial charge on any atom is -0.502 e. The van der Waals surface area contributed by atoms with Crippen LogP contribution in [0.1, 0.15) is 0 Å². The van der Waals surface area contributed by atoms with Gasteiger partial charge in [0.15, 0.2) is 6.61 Å². The Balaban J connectivity index is 4.19. The standard InChI is InChI=1S/C8H8O7/c9-5(2-1-3-6(10)11)8(14)15-4-7(12)13/h1-3,9H,4H2,(H,10,11)(H,12,13)/b3-1+,5-2-. The van der Waals surface area contributed by atoms with Crippen molar-refractivity contribution in [2.45, 2.75) is 0 Å². The second-order valence-corrected chi connectivity index (χ2v) is 2.22. The van der Waals surface area contributed by atoms with Crippen LogP contribution in [0.5, 0.6) is 0 Å². The molecule has 0 atom stereocenters. The van der Waals surface area contributed by atoms with Gasteiger partial charge in [0.25, 0.3) is 0 Å². The van der Waals surface area contributed by atoms with Crippen LogP contribution in [-0.4, -0.2) is 39.8 Å². The predicted octanol–water partition coefficient (Wildman–Crippen LogP) is -0.303. The van der Waals surface area contributed by atoms with E-state index >= 15 is 0 Å². The second kappa shape index (κ2) is 6.19. The molecule has 3 N–H and O–H groups in total. The van der Waals surface area contributed by atoms with Crippen LogP contribution in [0, 0.1) is 0 Å². The molecule has 0 aliphatic heterocycles. The summed E-state index contributed by atoms with van der Waals surface area (Å²) in [7, 11) is 0. The van der Waals surface area contributed by atoms with Gasteiger partial charge in [-0.25, -0.2) is 14.4 Å². The van der Waals surface area contributed by atoms with Gasteiger partial charge < -0.3 is 20.1 Å². The van der Waals surface area contributed by atoms with E-state index in [2.05, 4.69) is 4.74 Å². The van der Waals surface area contributed by atoms with Crippen LogP contribution < -0.4 is 0 Å². The smallest absolute Gasteiger partial charge is 0.373 e. The van der Waals surface area contributed by atoms with Crippen molar-refractivity contribution in [2.75, 3.05) is 6.61 Å². The van der Waals surface area contributed by atoms with Crippen molar-refractivity contribution >= 4 is 17.9 Å². The van der Waals surface area contributed by atoms with Crippen molar-refractivity contribution < 1.29 is 34.4 Å². The lowest BCUT2D eigenvalue weighted by molar-refractivity contribution is -0.154.